The summed E-state index contributed by atoms with van der Waals surface area (Å²) in [5.74, 6) is -0.639. The molecule has 1 aliphatic carbocycles. The molecule has 2 N–H and O–H groups in total. The van der Waals surface area contributed by atoms with Crippen LogP contribution in [0.25, 0.3) is 11.4 Å². The van der Waals surface area contributed by atoms with Gasteiger partial charge in [-0.2, -0.15) is 0 Å². The molecule has 0 saturated heterocycles. The first-order chi connectivity index (χ1) is 19.5. The van der Waals surface area contributed by atoms with Crippen LogP contribution in [0.2, 0.25) is 0 Å². The summed E-state index contributed by atoms with van der Waals surface area (Å²) in [7, 11) is 0. The van der Waals surface area contributed by atoms with Crippen molar-refractivity contribution in [3.05, 3.63) is 64.5 Å². The number of H-pyrrole nitrogens is 1. The van der Waals surface area contributed by atoms with Gasteiger partial charge in [0.05, 0.1) is 12.0 Å². The number of aromatic nitrogens is 6. The van der Waals surface area contributed by atoms with E-state index in [0.717, 1.165) is 61.8 Å². The van der Waals surface area contributed by atoms with Crippen molar-refractivity contribution in [1.29, 1.82) is 0 Å². The molecule has 0 radical (unpaired) electrons. The predicted molar refractivity (Wildman–Crippen MR) is 153 cm³/mol. The van der Waals surface area contributed by atoms with Crippen LogP contribution in [0.1, 0.15) is 82.5 Å². The van der Waals surface area contributed by atoms with E-state index in [4.69, 9.17) is 0 Å². The molecule has 0 bridgehead atoms. The Hall–Kier alpha value is -3.82. The van der Waals surface area contributed by atoms with Crippen LogP contribution in [-0.4, -0.2) is 47.0 Å². The summed E-state index contributed by atoms with van der Waals surface area (Å²) in [6.45, 7) is 4.68. The van der Waals surface area contributed by atoms with Crippen LogP contribution in [-0.2, 0) is 23.2 Å². The highest BCUT2D eigenvalue weighted by Crippen LogP contribution is 2.40. The lowest BCUT2D eigenvalue weighted by Crippen LogP contribution is -2.40. The minimum Gasteiger partial charge on any atom is -0.481 e. The first kappa shape index (κ1) is 27.7. The maximum atomic E-state index is 14.3. The van der Waals surface area contributed by atoms with Crippen LogP contribution in [0.5, 0.6) is 0 Å². The van der Waals surface area contributed by atoms with E-state index in [1.807, 2.05) is 29.1 Å². The molecule has 212 valence electrons. The van der Waals surface area contributed by atoms with E-state index in [9.17, 15) is 14.7 Å². The molecule has 1 aliphatic heterocycles. The van der Waals surface area contributed by atoms with Crippen molar-refractivity contribution in [3.8, 4) is 11.4 Å². The van der Waals surface area contributed by atoms with E-state index in [1.54, 1.807) is 10.8 Å². The van der Waals surface area contributed by atoms with Crippen LogP contribution >= 0.6 is 0 Å². The zero-order valence-corrected chi connectivity index (χ0v) is 23.4. The number of aliphatic imine (C=N–C) groups is 1. The highest BCUT2D eigenvalue weighted by molar-refractivity contribution is 5.70. The van der Waals surface area contributed by atoms with Crippen LogP contribution in [0, 0.1) is 11.8 Å². The van der Waals surface area contributed by atoms with Gasteiger partial charge in [-0.3, -0.25) is 18.9 Å². The minimum atomic E-state index is -0.804. The Morgan fingerprint density at radius 1 is 1.23 bits per heavy atom. The van der Waals surface area contributed by atoms with Gasteiger partial charge in [-0.1, -0.05) is 63.8 Å². The lowest BCUT2D eigenvalue weighted by molar-refractivity contribution is -0.144. The van der Waals surface area contributed by atoms with Gasteiger partial charge < -0.3 is 5.11 Å². The molecule has 40 heavy (non-hydrogen) atoms. The first-order valence-electron chi connectivity index (χ1n) is 14.5. The van der Waals surface area contributed by atoms with E-state index < -0.39 is 17.3 Å². The summed E-state index contributed by atoms with van der Waals surface area (Å²) in [5, 5.41) is 24.5. The van der Waals surface area contributed by atoms with E-state index >= 15 is 0 Å². The third kappa shape index (κ3) is 5.44. The van der Waals surface area contributed by atoms with Gasteiger partial charge >= 0.3 is 11.7 Å². The summed E-state index contributed by atoms with van der Waals surface area (Å²) in [4.78, 5) is 31.1. The Morgan fingerprint density at radius 2 is 2.08 bits per heavy atom. The third-order valence-corrected chi connectivity index (χ3v) is 8.81. The number of benzene rings is 1. The molecule has 4 unspecified atom stereocenters. The molecule has 1 aromatic carbocycles. The Morgan fingerprint density at radius 3 is 2.77 bits per heavy atom. The van der Waals surface area contributed by atoms with Crippen molar-refractivity contribution < 1.29 is 9.90 Å². The van der Waals surface area contributed by atoms with Crippen molar-refractivity contribution in [2.24, 2.45) is 16.8 Å². The van der Waals surface area contributed by atoms with Crippen LogP contribution < -0.4 is 5.69 Å². The van der Waals surface area contributed by atoms with Gasteiger partial charge in [0.2, 0.25) is 0 Å². The van der Waals surface area contributed by atoms with Crippen molar-refractivity contribution in [2.75, 3.05) is 0 Å². The Kier molecular flexibility index (Phi) is 8.42. The second kappa shape index (κ2) is 12.1. The van der Waals surface area contributed by atoms with E-state index in [0.29, 0.717) is 25.2 Å². The van der Waals surface area contributed by atoms with E-state index in [1.165, 1.54) is 0 Å². The lowest BCUT2D eigenvalue weighted by Gasteiger charge is -2.33. The zero-order valence-electron chi connectivity index (χ0n) is 23.4. The molecule has 0 spiro atoms. The number of imidazole rings is 1. The number of aliphatic carboxylic acids is 1. The number of aromatic amines is 1. The molecule has 1 saturated carbocycles. The maximum absolute atomic E-state index is 14.3. The molecule has 0 amide bonds. The Balaban J connectivity index is 1.61. The summed E-state index contributed by atoms with van der Waals surface area (Å²) in [6, 6.07) is 7.73. The zero-order chi connectivity index (χ0) is 28.1. The quantitative estimate of drug-likeness (QED) is 0.347. The number of hydrogen-bond acceptors (Lipinski definition) is 6. The first-order valence-corrected chi connectivity index (χ1v) is 14.5. The summed E-state index contributed by atoms with van der Waals surface area (Å²) < 4.78 is 3.69. The van der Waals surface area contributed by atoms with Crippen molar-refractivity contribution >= 4 is 12.2 Å². The van der Waals surface area contributed by atoms with Crippen molar-refractivity contribution in [2.45, 2.75) is 89.6 Å². The molecule has 3 aromatic rings. The molecule has 3 heterocycles. The lowest BCUT2D eigenvalue weighted by atomic mass is 9.76. The van der Waals surface area contributed by atoms with Crippen LogP contribution in [0.4, 0.5) is 0 Å². The molecule has 2 aliphatic rings. The van der Waals surface area contributed by atoms with Gasteiger partial charge in [0.25, 0.3) is 0 Å². The standard InChI is InChI=1S/C30H39N7O3/c1-3-5-12-24-19-36(26-21(4-2)9-6-7-13-25(26)28(38)39)29(40)37(24)20-30(14-16-31-17-15-30)23-11-8-10-22(18-23)27-32-34-35-33-27/h8,10-11,14,16-19,21,25-26H,3-7,9,12-13,15,20H2,1-2H3,(H,38,39)(H,32,33,34,35). The number of unbranched alkanes of at least 4 members (excludes halogenated alkanes) is 1. The SMILES string of the molecule is CCCCc1cn(C2C(CC)CCCCC2C(=O)O)c(=O)n1CC1(c2cccc(-c3nnn[nH]3)c2)C=CN=CC1. The van der Waals surface area contributed by atoms with Gasteiger partial charge in [-0.25, -0.2) is 9.89 Å². The number of tetrazole rings is 1. The molecule has 4 atom stereocenters. The normalized spacial score (nSPS) is 24.7. The fourth-order valence-electron chi connectivity index (χ4n) is 6.56. The third-order valence-electron chi connectivity index (χ3n) is 8.81. The largest absolute Gasteiger partial charge is 0.481 e. The van der Waals surface area contributed by atoms with Crippen molar-refractivity contribution in [3.63, 3.8) is 0 Å². The van der Waals surface area contributed by atoms with Crippen molar-refractivity contribution in [1.82, 2.24) is 29.8 Å². The average molecular weight is 546 g/mol. The number of nitrogens with one attached hydrogen (secondary N) is 1. The smallest absolute Gasteiger partial charge is 0.328 e. The number of hydrogen-bond donors (Lipinski definition) is 2. The Bertz CT molecular complexity index is 1420. The second-order valence-electron chi connectivity index (χ2n) is 11.2. The summed E-state index contributed by atoms with van der Waals surface area (Å²) in [6.07, 6.45) is 15.4. The fraction of sp³-hybridized carbons (Fsp3) is 0.533. The number of allylic oxidation sites excluding steroid dienone is 1. The summed E-state index contributed by atoms with van der Waals surface area (Å²) in [5.41, 5.74) is 2.23. The second-order valence-corrected chi connectivity index (χ2v) is 11.2. The van der Waals surface area contributed by atoms with E-state index in [2.05, 4.69) is 57.7 Å². The predicted octanol–water partition coefficient (Wildman–Crippen LogP) is 4.94. The Labute approximate surface area is 234 Å². The number of nitrogens with zero attached hydrogens (tertiary/aromatic N) is 6. The molecule has 5 rings (SSSR count). The molecular weight excluding hydrogens is 506 g/mol. The fourth-order valence-corrected chi connectivity index (χ4v) is 6.56. The van der Waals surface area contributed by atoms with Gasteiger partial charge in [0.15, 0.2) is 5.82 Å². The average Bonchev–Trinajstić information content (AvgIpc) is 3.55. The summed E-state index contributed by atoms with van der Waals surface area (Å²) >= 11 is 0. The topological polar surface area (TPSA) is 131 Å². The van der Waals surface area contributed by atoms with E-state index in [-0.39, 0.29) is 17.6 Å². The number of carbonyl (C=O) groups is 1. The van der Waals surface area contributed by atoms with Gasteiger partial charge in [-0.15, -0.1) is 5.10 Å². The molecule has 10 heteroatoms. The van der Waals surface area contributed by atoms with Gasteiger partial charge in [-0.05, 0) is 60.1 Å². The molecule has 1 fully saturated rings. The van der Waals surface area contributed by atoms with Gasteiger partial charge in [0, 0.05) is 41.8 Å². The monoisotopic (exact) mass is 545 g/mol. The highest BCUT2D eigenvalue weighted by Gasteiger charge is 2.39. The highest BCUT2D eigenvalue weighted by atomic mass is 16.4. The number of aryl methyl sites for hydroxylation is 1. The molecular formula is C30H39N7O3. The van der Waals surface area contributed by atoms with Gasteiger partial charge in [0.1, 0.15) is 0 Å². The molecule has 2 aromatic heterocycles. The maximum Gasteiger partial charge on any atom is 0.328 e. The van der Waals surface area contributed by atoms with Crippen LogP contribution in [0.15, 0.2) is 52.5 Å². The minimum absolute atomic E-state index is 0.117. The molecule has 10 nitrogen and oxygen atoms in total. The number of rotatable bonds is 10. The number of carboxylic acid groups (broad SMARTS) is 1. The number of carboxylic acids is 1. The van der Waals surface area contributed by atoms with Crippen LogP contribution in [0.3, 0.4) is 0 Å².